The van der Waals surface area contributed by atoms with E-state index in [1.54, 1.807) is 18.3 Å². The Bertz CT molecular complexity index is 668. The van der Waals surface area contributed by atoms with Crippen LogP contribution in [-0.4, -0.2) is 59.7 Å². The molecule has 1 aromatic carbocycles. The zero-order valence-electron chi connectivity index (χ0n) is 16.9. The van der Waals surface area contributed by atoms with Gasteiger partial charge < -0.3 is 26.3 Å². The lowest BCUT2D eigenvalue weighted by molar-refractivity contribution is 0.0163. The Morgan fingerprint density at radius 1 is 1.28 bits per heavy atom. The van der Waals surface area contributed by atoms with Crippen molar-refractivity contribution < 1.29 is 10.2 Å². The molecule has 0 unspecified atom stereocenters. The molecule has 0 saturated carbocycles. The van der Waals surface area contributed by atoms with Crippen LogP contribution in [0.1, 0.15) is 38.5 Å². The van der Waals surface area contributed by atoms with E-state index in [1.807, 2.05) is 6.07 Å². The fourth-order valence-corrected chi connectivity index (χ4v) is 3.61. The zero-order chi connectivity index (χ0) is 20.9. The highest BCUT2D eigenvalue weighted by Crippen LogP contribution is 2.28. The van der Waals surface area contributed by atoms with E-state index < -0.39 is 0 Å². The summed E-state index contributed by atoms with van der Waals surface area (Å²) in [5, 5.41) is 35.4. The van der Waals surface area contributed by atoms with E-state index in [-0.39, 0.29) is 18.8 Å². The molecule has 0 aliphatic carbocycles. The fraction of sp³-hybridized carbons (Fsp3) is 0.571. The standard InChI is InChI=1S/C21H33N5O3/c22-9-5-11-24-20-7-6-17(14-21(20)25-29)23-10-3-1-2-4-12-26-13-8-19(28)15-18(26)16-27/h5-7,9,11,14,18-19,22-24,27-28H,1-4,8,10,12-13,15-16H2/b11-5-,22-9?/t18-,19+/m0/s1. The minimum atomic E-state index is -0.271. The molecule has 1 aliphatic rings. The minimum Gasteiger partial charge on any atom is -0.395 e. The summed E-state index contributed by atoms with van der Waals surface area (Å²) in [5.74, 6) is 0. The molecule has 0 radical (unpaired) electrons. The molecule has 1 fully saturated rings. The second-order valence-electron chi connectivity index (χ2n) is 7.38. The Kier molecular flexibility index (Phi) is 10.3. The molecule has 8 heteroatoms. The summed E-state index contributed by atoms with van der Waals surface area (Å²) < 4.78 is 0. The van der Waals surface area contributed by atoms with Gasteiger partial charge in [-0.2, -0.15) is 0 Å². The predicted octanol–water partition coefficient (Wildman–Crippen LogP) is 3.45. The number of hydrogen-bond acceptors (Lipinski definition) is 8. The van der Waals surface area contributed by atoms with Crippen LogP contribution in [0.2, 0.25) is 0 Å². The van der Waals surface area contributed by atoms with Crippen LogP contribution in [0.15, 0.2) is 35.7 Å². The van der Waals surface area contributed by atoms with Gasteiger partial charge in [-0.25, -0.2) is 0 Å². The normalized spacial score (nSPS) is 19.9. The van der Waals surface area contributed by atoms with Crippen molar-refractivity contribution in [3.63, 3.8) is 0 Å². The third-order valence-corrected chi connectivity index (χ3v) is 5.25. The highest BCUT2D eigenvalue weighted by atomic mass is 16.3. The average molecular weight is 404 g/mol. The molecule has 2 atom stereocenters. The third kappa shape index (κ3) is 7.92. The first kappa shape index (κ1) is 23.0. The maximum absolute atomic E-state index is 11.0. The molecular formula is C21H33N5O3. The largest absolute Gasteiger partial charge is 0.395 e. The van der Waals surface area contributed by atoms with Crippen LogP contribution in [-0.2, 0) is 0 Å². The van der Waals surface area contributed by atoms with Gasteiger partial charge in [-0.3, -0.25) is 4.90 Å². The van der Waals surface area contributed by atoms with E-state index >= 15 is 0 Å². The number of nitrogens with zero attached hydrogens (tertiary/aromatic N) is 2. The minimum absolute atomic E-state index is 0.0964. The molecule has 1 heterocycles. The summed E-state index contributed by atoms with van der Waals surface area (Å²) in [6.07, 6.45) is 9.83. The van der Waals surface area contributed by atoms with Gasteiger partial charge in [-0.1, -0.05) is 12.8 Å². The molecule has 0 amide bonds. The molecular weight excluding hydrogens is 370 g/mol. The number of anilines is 2. The predicted molar refractivity (Wildman–Crippen MR) is 118 cm³/mol. The van der Waals surface area contributed by atoms with Gasteiger partial charge in [0.15, 0.2) is 0 Å². The lowest BCUT2D eigenvalue weighted by Gasteiger charge is -2.36. The summed E-state index contributed by atoms with van der Waals surface area (Å²) in [6.45, 7) is 2.78. The Balaban J connectivity index is 1.63. The number of nitrogens with one attached hydrogen (secondary N) is 3. The molecule has 1 aromatic rings. The van der Waals surface area contributed by atoms with E-state index in [0.29, 0.717) is 17.8 Å². The van der Waals surface area contributed by atoms with Crippen LogP contribution >= 0.6 is 0 Å². The number of nitroso groups, excluding NO2 is 1. The lowest BCUT2D eigenvalue weighted by Crippen LogP contribution is -2.46. The first-order valence-electron chi connectivity index (χ1n) is 10.3. The van der Waals surface area contributed by atoms with Crippen molar-refractivity contribution in [1.82, 2.24) is 4.90 Å². The van der Waals surface area contributed by atoms with E-state index in [2.05, 4.69) is 20.7 Å². The third-order valence-electron chi connectivity index (χ3n) is 5.25. The number of rotatable bonds is 13. The van der Waals surface area contributed by atoms with Crippen LogP contribution in [0, 0.1) is 10.3 Å². The molecule has 0 spiro atoms. The maximum Gasteiger partial charge on any atom is 0.133 e. The molecule has 0 aromatic heterocycles. The van der Waals surface area contributed by atoms with Gasteiger partial charge in [-0.15, -0.1) is 4.91 Å². The number of hydrogen-bond donors (Lipinski definition) is 5. The molecule has 29 heavy (non-hydrogen) atoms. The molecule has 1 aliphatic heterocycles. The summed E-state index contributed by atoms with van der Waals surface area (Å²) >= 11 is 0. The number of allylic oxidation sites excluding steroid dienone is 1. The first-order chi connectivity index (χ1) is 14.2. The van der Waals surface area contributed by atoms with E-state index in [1.165, 1.54) is 6.08 Å². The molecule has 1 saturated heterocycles. The Hall–Kier alpha value is -2.29. The van der Waals surface area contributed by atoms with Crippen LogP contribution in [0.5, 0.6) is 0 Å². The Morgan fingerprint density at radius 3 is 2.86 bits per heavy atom. The van der Waals surface area contributed by atoms with Crippen molar-refractivity contribution >= 4 is 23.3 Å². The van der Waals surface area contributed by atoms with E-state index in [4.69, 9.17) is 5.41 Å². The zero-order valence-corrected chi connectivity index (χ0v) is 16.9. The summed E-state index contributed by atoms with van der Waals surface area (Å²) in [5.41, 5.74) is 1.80. The molecule has 0 bridgehead atoms. The maximum atomic E-state index is 11.0. The SMILES string of the molecule is N=C/C=C\Nc1ccc(NCCCCCCN2CC[C@@H](O)C[C@H]2CO)cc1N=O. The molecule has 160 valence electrons. The molecule has 5 N–H and O–H groups in total. The van der Waals surface area contributed by atoms with Crippen LogP contribution < -0.4 is 10.6 Å². The highest BCUT2D eigenvalue weighted by Gasteiger charge is 2.26. The number of aliphatic hydroxyl groups excluding tert-OH is 2. The van der Waals surface area contributed by atoms with Gasteiger partial charge in [0.25, 0.3) is 0 Å². The number of unbranched alkanes of at least 4 members (excludes halogenated alkanes) is 3. The Labute approximate surface area is 172 Å². The van der Waals surface area contributed by atoms with Gasteiger partial charge in [0.1, 0.15) is 5.69 Å². The number of piperidine rings is 1. The number of likely N-dealkylation sites (tertiary alicyclic amines) is 1. The molecule has 8 nitrogen and oxygen atoms in total. The van der Waals surface area contributed by atoms with E-state index in [0.717, 1.165) is 63.6 Å². The quantitative estimate of drug-likeness (QED) is 0.195. The van der Waals surface area contributed by atoms with Gasteiger partial charge >= 0.3 is 0 Å². The van der Waals surface area contributed by atoms with Crippen LogP contribution in [0.25, 0.3) is 0 Å². The average Bonchev–Trinajstić information content (AvgIpc) is 2.74. The van der Waals surface area contributed by atoms with Crippen molar-refractivity contribution in [1.29, 1.82) is 5.41 Å². The summed E-state index contributed by atoms with van der Waals surface area (Å²) in [7, 11) is 0. The van der Waals surface area contributed by atoms with Crippen LogP contribution in [0.3, 0.4) is 0 Å². The van der Waals surface area contributed by atoms with Crippen molar-refractivity contribution in [3.8, 4) is 0 Å². The van der Waals surface area contributed by atoms with Gasteiger partial charge in [-0.05, 0) is 61.7 Å². The topological polar surface area (TPSA) is 121 Å². The lowest BCUT2D eigenvalue weighted by atomic mass is 9.99. The smallest absolute Gasteiger partial charge is 0.133 e. The van der Waals surface area contributed by atoms with E-state index in [9.17, 15) is 15.1 Å². The number of benzene rings is 1. The van der Waals surface area contributed by atoms with Crippen molar-refractivity contribution in [3.05, 3.63) is 35.4 Å². The van der Waals surface area contributed by atoms with Crippen LogP contribution in [0.4, 0.5) is 17.1 Å². The Morgan fingerprint density at radius 2 is 2.10 bits per heavy atom. The highest BCUT2D eigenvalue weighted by molar-refractivity contribution is 5.73. The second-order valence-corrected chi connectivity index (χ2v) is 7.38. The van der Waals surface area contributed by atoms with Crippen molar-refractivity contribution in [2.75, 3.05) is 36.9 Å². The van der Waals surface area contributed by atoms with Crippen molar-refractivity contribution in [2.24, 2.45) is 5.18 Å². The second kappa shape index (κ2) is 13.0. The van der Waals surface area contributed by atoms with Gasteiger partial charge in [0, 0.05) is 37.2 Å². The first-order valence-corrected chi connectivity index (χ1v) is 10.3. The summed E-state index contributed by atoms with van der Waals surface area (Å²) in [6, 6.07) is 5.50. The number of aliphatic hydroxyl groups is 2. The summed E-state index contributed by atoms with van der Waals surface area (Å²) in [4.78, 5) is 13.3. The van der Waals surface area contributed by atoms with Gasteiger partial charge in [0.05, 0.1) is 18.4 Å². The monoisotopic (exact) mass is 403 g/mol. The molecule has 2 rings (SSSR count). The fourth-order valence-electron chi connectivity index (χ4n) is 3.61. The van der Waals surface area contributed by atoms with Crippen molar-refractivity contribution in [2.45, 2.75) is 50.7 Å². The van der Waals surface area contributed by atoms with Gasteiger partial charge in [0.2, 0.25) is 0 Å².